The molecule has 0 spiro atoms. The summed E-state index contributed by atoms with van der Waals surface area (Å²) in [5, 5.41) is 4.34. The molecule has 1 atom stereocenters. The van der Waals surface area contributed by atoms with Gasteiger partial charge in [0, 0.05) is 55.4 Å². The fourth-order valence-electron chi connectivity index (χ4n) is 6.24. The fraction of sp³-hybridized carbons (Fsp3) is 0.343. The van der Waals surface area contributed by atoms with Gasteiger partial charge in [0.25, 0.3) is 0 Å². The molecule has 4 aromatic rings. The van der Waals surface area contributed by atoms with Gasteiger partial charge in [0.1, 0.15) is 5.54 Å². The van der Waals surface area contributed by atoms with Gasteiger partial charge in [-0.3, -0.25) is 14.5 Å². The molecule has 2 heterocycles. The number of rotatable bonds is 11. The number of nitrogens with one attached hydrogen (secondary N) is 2. The van der Waals surface area contributed by atoms with Gasteiger partial charge in [0.2, 0.25) is 11.8 Å². The molecule has 8 heteroatoms. The highest BCUT2D eigenvalue weighted by atomic mass is 16.5. The van der Waals surface area contributed by atoms with Crippen molar-refractivity contribution in [1.82, 2.24) is 15.2 Å². The molecule has 1 aliphatic heterocycles. The second kappa shape index (κ2) is 13.7. The number of likely N-dealkylation sites (tertiary alicyclic amines) is 1. The molecule has 0 bridgehead atoms. The van der Waals surface area contributed by atoms with Crippen molar-refractivity contribution < 1.29 is 19.1 Å². The number of ether oxygens (including phenoxy) is 1. The molecule has 2 N–H and O–H groups in total. The van der Waals surface area contributed by atoms with E-state index in [2.05, 4.69) is 21.3 Å². The van der Waals surface area contributed by atoms with E-state index in [0.29, 0.717) is 44.7 Å². The minimum absolute atomic E-state index is 0.0251. The number of para-hydroxylation sites is 2. The summed E-state index contributed by atoms with van der Waals surface area (Å²) in [4.78, 5) is 47.5. The van der Waals surface area contributed by atoms with Crippen LogP contribution in [-0.2, 0) is 25.5 Å². The van der Waals surface area contributed by atoms with Crippen LogP contribution in [0.25, 0.3) is 10.9 Å². The Morgan fingerprint density at radius 3 is 2.28 bits per heavy atom. The van der Waals surface area contributed by atoms with Gasteiger partial charge in [0.15, 0.2) is 0 Å². The summed E-state index contributed by atoms with van der Waals surface area (Å²) in [5.41, 5.74) is 2.79. The van der Waals surface area contributed by atoms with Crippen LogP contribution >= 0.6 is 0 Å². The fourth-order valence-corrected chi connectivity index (χ4v) is 6.24. The lowest BCUT2D eigenvalue weighted by Gasteiger charge is -2.47. The number of carbonyl (C=O) groups is 3. The van der Waals surface area contributed by atoms with Crippen molar-refractivity contribution in [2.75, 3.05) is 38.2 Å². The average molecular weight is 581 g/mol. The second-order valence-corrected chi connectivity index (χ2v) is 11.1. The Balaban J connectivity index is 1.30. The molecule has 5 rings (SSSR count). The van der Waals surface area contributed by atoms with Crippen LogP contribution in [0.2, 0.25) is 0 Å². The number of aromatic nitrogens is 1. The van der Waals surface area contributed by atoms with Gasteiger partial charge >= 0.3 is 5.97 Å². The molecule has 0 saturated carbocycles. The minimum Gasteiger partial charge on any atom is -0.467 e. The van der Waals surface area contributed by atoms with E-state index in [0.717, 1.165) is 17.5 Å². The highest BCUT2D eigenvalue weighted by Crippen LogP contribution is 2.36. The van der Waals surface area contributed by atoms with Crippen LogP contribution < -0.4 is 10.2 Å². The maximum Gasteiger partial charge on any atom is 0.332 e. The van der Waals surface area contributed by atoms with Crippen molar-refractivity contribution in [1.29, 1.82) is 0 Å². The number of esters is 1. The topological polar surface area (TPSA) is 94.7 Å². The first kappa shape index (κ1) is 30.0. The summed E-state index contributed by atoms with van der Waals surface area (Å²) in [7, 11) is 1.38. The van der Waals surface area contributed by atoms with Crippen molar-refractivity contribution in [2.45, 2.75) is 44.1 Å². The molecule has 43 heavy (non-hydrogen) atoms. The van der Waals surface area contributed by atoms with E-state index in [1.807, 2.05) is 85.1 Å². The van der Waals surface area contributed by atoms with Gasteiger partial charge in [-0.2, -0.15) is 0 Å². The quantitative estimate of drug-likeness (QED) is 0.242. The molecule has 1 aromatic heterocycles. The van der Waals surface area contributed by atoms with Gasteiger partial charge in [-0.25, -0.2) is 4.79 Å². The van der Waals surface area contributed by atoms with Gasteiger partial charge in [-0.05, 0) is 48.6 Å². The van der Waals surface area contributed by atoms with E-state index >= 15 is 0 Å². The summed E-state index contributed by atoms with van der Waals surface area (Å²) in [5.74, 6) is -0.936. The Morgan fingerprint density at radius 2 is 1.60 bits per heavy atom. The molecule has 8 nitrogen and oxygen atoms in total. The van der Waals surface area contributed by atoms with Gasteiger partial charge in [-0.1, -0.05) is 73.7 Å². The smallest absolute Gasteiger partial charge is 0.332 e. The van der Waals surface area contributed by atoms with Crippen LogP contribution in [0.1, 0.15) is 43.2 Å². The molecule has 0 radical (unpaired) electrons. The third-order valence-electron chi connectivity index (χ3n) is 8.57. The molecule has 3 aromatic carbocycles. The number of H-pyrrole nitrogens is 1. The lowest BCUT2D eigenvalue weighted by Crippen LogP contribution is -2.63. The second-order valence-electron chi connectivity index (χ2n) is 11.1. The molecule has 0 aliphatic carbocycles. The zero-order valence-electron chi connectivity index (χ0n) is 24.9. The highest BCUT2D eigenvalue weighted by Gasteiger charge is 2.50. The van der Waals surface area contributed by atoms with Crippen LogP contribution in [0, 0.1) is 0 Å². The predicted molar refractivity (Wildman–Crippen MR) is 169 cm³/mol. The number of nitrogens with zero attached hydrogens (tertiary/aromatic N) is 2. The monoisotopic (exact) mass is 580 g/mol. The number of aromatic amines is 1. The lowest BCUT2D eigenvalue weighted by molar-refractivity contribution is -0.151. The molecule has 2 amide bonds. The Hall–Kier alpha value is -4.43. The Morgan fingerprint density at radius 1 is 0.953 bits per heavy atom. The van der Waals surface area contributed by atoms with E-state index in [9.17, 15) is 14.4 Å². The van der Waals surface area contributed by atoms with E-state index in [-0.39, 0.29) is 24.2 Å². The Bertz CT molecular complexity index is 1530. The molecule has 224 valence electrons. The highest BCUT2D eigenvalue weighted by molar-refractivity contribution is 6.02. The van der Waals surface area contributed by atoms with Crippen molar-refractivity contribution in [3.8, 4) is 0 Å². The largest absolute Gasteiger partial charge is 0.467 e. The van der Waals surface area contributed by atoms with Gasteiger partial charge in [-0.15, -0.1) is 0 Å². The minimum atomic E-state index is -1.11. The summed E-state index contributed by atoms with van der Waals surface area (Å²) in [6.45, 7) is 3.93. The number of anilines is 1. The maximum absolute atomic E-state index is 13.6. The number of carbonyl (C=O) groups excluding carboxylic acids is 3. The first-order valence-electron chi connectivity index (χ1n) is 15.0. The summed E-state index contributed by atoms with van der Waals surface area (Å²) >= 11 is 0. The number of hydrogen-bond donors (Lipinski definition) is 2. The number of hydrogen-bond acceptors (Lipinski definition) is 5. The number of benzene rings is 3. The van der Waals surface area contributed by atoms with Crippen LogP contribution in [-0.4, -0.2) is 66.5 Å². The molecule has 1 fully saturated rings. The third kappa shape index (κ3) is 6.49. The Labute approximate surface area is 253 Å². The molecular weight excluding hydrogens is 540 g/mol. The molecular formula is C35H40N4O4. The van der Waals surface area contributed by atoms with Crippen molar-refractivity contribution >= 4 is 34.4 Å². The summed E-state index contributed by atoms with van der Waals surface area (Å²) < 4.78 is 5.30. The zero-order chi connectivity index (χ0) is 30.2. The molecule has 1 aliphatic rings. The van der Waals surface area contributed by atoms with Crippen LogP contribution in [0.15, 0.2) is 91.1 Å². The maximum atomic E-state index is 13.6. The normalized spacial score (nSPS) is 15.5. The van der Waals surface area contributed by atoms with Gasteiger partial charge < -0.3 is 19.9 Å². The van der Waals surface area contributed by atoms with E-state index in [1.54, 1.807) is 11.8 Å². The number of methoxy groups -OCH3 is 1. The van der Waals surface area contributed by atoms with Crippen LogP contribution in [0.5, 0.6) is 0 Å². The summed E-state index contributed by atoms with van der Waals surface area (Å²) in [6.07, 6.45) is 3.82. The van der Waals surface area contributed by atoms with Gasteiger partial charge in [0.05, 0.1) is 13.0 Å². The Kier molecular flexibility index (Phi) is 9.57. The average Bonchev–Trinajstić information content (AvgIpc) is 3.47. The van der Waals surface area contributed by atoms with Crippen molar-refractivity contribution in [3.63, 3.8) is 0 Å². The van der Waals surface area contributed by atoms with E-state index < -0.39 is 11.5 Å². The molecule has 1 unspecified atom stereocenters. The predicted octanol–water partition coefficient (Wildman–Crippen LogP) is 5.06. The molecule has 1 saturated heterocycles. The van der Waals surface area contributed by atoms with Crippen LogP contribution in [0.4, 0.5) is 5.69 Å². The van der Waals surface area contributed by atoms with E-state index in [1.165, 1.54) is 18.1 Å². The zero-order valence-corrected chi connectivity index (χ0v) is 24.9. The van der Waals surface area contributed by atoms with E-state index in [4.69, 9.17) is 4.74 Å². The first-order chi connectivity index (χ1) is 21.0. The SMILES string of the molecule is CCC(=O)N(c1ccccc1)C1(C(=O)OC)CCN(CC(C(=O)NCCc2c[nH]c3ccccc23)c2ccccc2)CC1. The summed E-state index contributed by atoms with van der Waals surface area (Å²) in [6, 6.07) is 27.3. The lowest BCUT2D eigenvalue weighted by atomic mass is 9.83. The number of amides is 2. The number of piperidine rings is 1. The van der Waals surface area contributed by atoms with Crippen molar-refractivity contribution in [3.05, 3.63) is 102 Å². The van der Waals surface area contributed by atoms with Crippen molar-refractivity contribution in [2.24, 2.45) is 0 Å². The third-order valence-corrected chi connectivity index (χ3v) is 8.57. The standard InChI is InChI=1S/C35H40N4O4/c1-3-32(40)39(28-14-8-5-9-15-28)35(34(42)43-2)19-22-38(23-20-35)25-30(26-12-6-4-7-13-26)33(41)36-21-18-27-24-37-31-17-11-10-16-29(27)31/h4-17,24,30,37H,3,18-23,25H2,1-2H3,(H,36,41). The number of fused-ring (bicyclic) bond motifs is 1. The first-order valence-corrected chi connectivity index (χ1v) is 15.0. The van der Waals surface area contributed by atoms with Crippen LogP contribution in [0.3, 0.4) is 0 Å².